The zero-order valence-electron chi connectivity index (χ0n) is 20.6. The molecule has 0 saturated carbocycles. The molecule has 1 aromatic carbocycles. The Kier molecular flexibility index (Phi) is 6.26. The van der Waals surface area contributed by atoms with Crippen LogP contribution >= 0.6 is 0 Å². The van der Waals surface area contributed by atoms with Crippen LogP contribution in [0.5, 0.6) is 5.75 Å². The third-order valence-electron chi connectivity index (χ3n) is 6.54. The maximum Gasteiger partial charge on any atom is 0.408 e. The Morgan fingerprint density at radius 2 is 2.05 bits per heavy atom. The molecular formula is C25H26F3N7O2. The molecule has 1 fully saturated rings. The summed E-state index contributed by atoms with van der Waals surface area (Å²) < 4.78 is 49.7. The minimum atomic E-state index is -4.31. The molecule has 1 aliphatic rings. The van der Waals surface area contributed by atoms with E-state index in [0.717, 1.165) is 5.69 Å². The number of nitrogens with one attached hydrogen (secondary N) is 1. The highest BCUT2D eigenvalue weighted by molar-refractivity contribution is 5.99. The Morgan fingerprint density at radius 3 is 2.68 bits per heavy atom. The summed E-state index contributed by atoms with van der Waals surface area (Å²) in [6.45, 7) is 0.653. The van der Waals surface area contributed by atoms with Gasteiger partial charge in [-0.2, -0.15) is 18.3 Å². The van der Waals surface area contributed by atoms with Crippen molar-refractivity contribution in [1.82, 2.24) is 29.6 Å². The van der Waals surface area contributed by atoms with Crippen molar-refractivity contribution in [1.29, 1.82) is 0 Å². The SMILES string of the molecule is CNC(=O)c1cc(OC)c2c(c1)nc(-c1ccc(N3CCCC3C(F)(F)F)nc1)n2Cc1ccn(C)n1. The van der Waals surface area contributed by atoms with Gasteiger partial charge in [0.1, 0.15) is 29.0 Å². The van der Waals surface area contributed by atoms with E-state index in [1.807, 2.05) is 23.9 Å². The Hall–Kier alpha value is -4.09. The normalized spacial score (nSPS) is 15.9. The first-order valence-corrected chi connectivity index (χ1v) is 11.8. The maximum atomic E-state index is 13.5. The van der Waals surface area contributed by atoms with Gasteiger partial charge >= 0.3 is 6.18 Å². The predicted octanol–water partition coefficient (Wildman–Crippen LogP) is 3.78. The van der Waals surface area contributed by atoms with E-state index in [9.17, 15) is 18.0 Å². The molecule has 9 nitrogen and oxygen atoms in total. The molecule has 1 amide bonds. The number of amides is 1. The van der Waals surface area contributed by atoms with Crippen LogP contribution in [0.4, 0.5) is 19.0 Å². The number of aryl methyl sites for hydroxylation is 1. The van der Waals surface area contributed by atoms with E-state index in [-0.39, 0.29) is 18.1 Å². The number of ether oxygens (including phenoxy) is 1. The zero-order chi connectivity index (χ0) is 26.3. The molecule has 1 unspecified atom stereocenters. The summed E-state index contributed by atoms with van der Waals surface area (Å²) in [5.74, 6) is 0.980. The Morgan fingerprint density at radius 1 is 1.24 bits per heavy atom. The second-order valence-corrected chi connectivity index (χ2v) is 8.93. The summed E-state index contributed by atoms with van der Waals surface area (Å²) in [4.78, 5) is 22.8. The van der Waals surface area contributed by atoms with Gasteiger partial charge in [-0.15, -0.1) is 0 Å². The fourth-order valence-electron chi connectivity index (χ4n) is 4.81. The van der Waals surface area contributed by atoms with E-state index < -0.39 is 12.2 Å². The summed E-state index contributed by atoms with van der Waals surface area (Å²) in [6, 6.07) is 6.98. The van der Waals surface area contributed by atoms with Crippen molar-refractivity contribution < 1.29 is 22.7 Å². The molecule has 1 N–H and O–H groups in total. The number of hydrogen-bond donors (Lipinski definition) is 1. The molecule has 1 saturated heterocycles. The van der Waals surface area contributed by atoms with Crippen LogP contribution in [0, 0.1) is 0 Å². The van der Waals surface area contributed by atoms with Crippen molar-refractivity contribution >= 4 is 22.8 Å². The minimum absolute atomic E-state index is 0.0558. The first-order valence-electron chi connectivity index (χ1n) is 11.8. The Bertz CT molecular complexity index is 1440. The van der Waals surface area contributed by atoms with Gasteiger partial charge in [0.05, 0.1) is 24.9 Å². The number of fused-ring (bicyclic) bond motifs is 1. The summed E-state index contributed by atoms with van der Waals surface area (Å²) >= 11 is 0. The molecule has 4 aromatic rings. The fraction of sp³-hybridized carbons (Fsp3) is 0.360. The molecule has 3 aromatic heterocycles. The van der Waals surface area contributed by atoms with E-state index in [0.29, 0.717) is 53.2 Å². The molecule has 194 valence electrons. The molecule has 4 heterocycles. The number of carbonyl (C=O) groups excluding carboxylic acids is 1. The van der Waals surface area contributed by atoms with Gasteiger partial charge < -0.3 is 19.5 Å². The van der Waals surface area contributed by atoms with Crippen LogP contribution in [0.15, 0.2) is 42.7 Å². The molecule has 37 heavy (non-hydrogen) atoms. The monoisotopic (exact) mass is 513 g/mol. The highest BCUT2D eigenvalue weighted by Gasteiger charge is 2.46. The lowest BCUT2D eigenvalue weighted by molar-refractivity contribution is -0.146. The van der Waals surface area contributed by atoms with Crippen molar-refractivity contribution in [3.63, 3.8) is 0 Å². The number of nitrogens with zero attached hydrogens (tertiary/aromatic N) is 6. The Labute approximate surface area is 210 Å². The van der Waals surface area contributed by atoms with Gasteiger partial charge in [0, 0.05) is 44.2 Å². The van der Waals surface area contributed by atoms with Crippen LogP contribution in [0.25, 0.3) is 22.4 Å². The number of rotatable bonds is 6. The van der Waals surface area contributed by atoms with Crippen LogP contribution < -0.4 is 15.0 Å². The number of pyridine rings is 1. The molecule has 0 radical (unpaired) electrons. The summed E-state index contributed by atoms with van der Waals surface area (Å²) in [6.07, 6.45) is -0.435. The van der Waals surface area contributed by atoms with E-state index in [1.54, 1.807) is 36.0 Å². The second-order valence-electron chi connectivity index (χ2n) is 8.93. The first kappa shape index (κ1) is 24.6. The van der Waals surface area contributed by atoms with E-state index in [4.69, 9.17) is 9.72 Å². The second kappa shape index (κ2) is 9.41. The van der Waals surface area contributed by atoms with Gasteiger partial charge in [-0.1, -0.05) is 0 Å². The van der Waals surface area contributed by atoms with Crippen LogP contribution in [0.3, 0.4) is 0 Å². The topological polar surface area (TPSA) is 90.1 Å². The predicted molar refractivity (Wildman–Crippen MR) is 132 cm³/mol. The van der Waals surface area contributed by atoms with E-state index in [1.165, 1.54) is 18.2 Å². The molecule has 5 rings (SSSR count). The molecule has 0 aliphatic carbocycles. The van der Waals surface area contributed by atoms with E-state index >= 15 is 0 Å². The first-order chi connectivity index (χ1) is 17.7. The van der Waals surface area contributed by atoms with E-state index in [2.05, 4.69) is 15.4 Å². The number of benzene rings is 1. The van der Waals surface area contributed by atoms with Gasteiger partial charge in [-0.25, -0.2) is 9.97 Å². The van der Waals surface area contributed by atoms with Crippen LogP contribution in [0.2, 0.25) is 0 Å². The summed E-state index contributed by atoms with van der Waals surface area (Å²) in [5.41, 5.74) is 2.97. The summed E-state index contributed by atoms with van der Waals surface area (Å²) in [7, 11) is 4.88. The van der Waals surface area contributed by atoms with Crippen molar-refractivity contribution in [2.45, 2.75) is 31.6 Å². The number of hydrogen-bond acceptors (Lipinski definition) is 6. The van der Waals surface area contributed by atoms with Gasteiger partial charge in [0.2, 0.25) is 0 Å². The van der Waals surface area contributed by atoms with Crippen molar-refractivity contribution in [2.24, 2.45) is 7.05 Å². The number of anilines is 1. The number of carbonyl (C=O) groups is 1. The third kappa shape index (κ3) is 4.58. The molecule has 0 spiro atoms. The number of imidazole rings is 1. The molecule has 0 bridgehead atoms. The quantitative estimate of drug-likeness (QED) is 0.422. The minimum Gasteiger partial charge on any atom is -0.494 e. The smallest absolute Gasteiger partial charge is 0.408 e. The lowest BCUT2D eigenvalue weighted by Gasteiger charge is -2.27. The third-order valence-corrected chi connectivity index (χ3v) is 6.54. The van der Waals surface area contributed by atoms with Gasteiger partial charge in [0.25, 0.3) is 5.91 Å². The molecule has 12 heteroatoms. The fourth-order valence-corrected chi connectivity index (χ4v) is 4.81. The van der Waals surface area contributed by atoms with Gasteiger partial charge in [-0.05, 0) is 43.2 Å². The van der Waals surface area contributed by atoms with Gasteiger partial charge in [0.15, 0.2) is 0 Å². The zero-order valence-corrected chi connectivity index (χ0v) is 20.6. The van der Waals surface area contributed by atoms with Crippen LogP contribution in [-0.4, -0.2) is 63.1 Å². The van der Waals surface area contributed by atoms with Crippen LogP contribution in [0.1, 0.15) is 28.9 Å². The number of alkyl halides is 3. The molecule has 1 aliphatic heterocycles. The lowest BCUT2D eigenvalue weighted by Crippen LogP contribution is -2.41. The highest BCUT2D eigenvalue weighted by atomic mass is 19.4. The number of methoxy groups -OCH3 is 1. The van der Waals surface area contributed by atoms with Crippen molar-refractivity contribution in [3.05, 3.63) is 54.0 Å². The number of aromatic nitrogens is 5. The molecule has 1 atom stereocenters. The largest absolute Gasteiger partial charge is 0.494 e. The lowest BCUT2D eigenvalue weighted by atomic mass is 10.1. The summed E-state index contributed by atoms with van der Waals surface area (Å²) in [5, 5.41) is 7.08. The maximum absolute atomic E-state index is 13.5. The average molecular weight is 514 g/mol. The van der Waals surface area contributed by atoms with Gasteiger partial charge in [-0.3, -0.25) is 9.48 Å². The highest BCUT2D eigenvalue weighted by Crippen LogP contribution is 2.37. The van der Waals surface area contributed by atoms with Crippen LogP contribution in [-0.2, 0) is 13.6 Å². The standard InChI is InChI=1S/C25H26F3N7O2/c1-29-24(36)16-11-18-22(19(12-16)37-3)35(14-17-8-10-33(2)32-17)23(31-18)15-6-7-21(30-13-15)34-9-4-5-20(34)25(26,27)28/h6-8,10-13,20H,4-5,9,14H2,1-3H3,(H,29,36). The van der Waals surface area contributed by atoms with Crippen molar-refractivity contribution in [3.8, 4) is 17.1 Å². The molecular weight excluding hydrogens is 487 g/mol. The number of halogens is 3. The van der Waals surface area contributed by atoms with Crippen molar-refractivity contribution in [2.75, 3.05) is 25.6 Å². The Balaban J connectivity index is 1.61. The average Bonchev–Trinajstić information content (AvgIpc) is 3.62.